The van der Waals surface area contributed by atoms with Gasteiger partial charge in [0.05, 0.1) is 19.8 Å². The average molecular weight is 359 g/mol. The lowest BCUT2D eigenvalue weighted by molar-refractivity contribution is -0.135. The fourth-order valence-electron chi connectivity index (χ4n) is 3.42. The molecule has 1 saturated carbocycles. The Kier molecular flexibility index (Phi) is 6.27. The van der Waals surface area contributed by atoms with Crippen molar-refractivity contribution in [1.82, 2.24) is 9.80 Å². The Balaban J connectivity index is 1.51. The molecule has 1 aliphatic carbocycles. The first-order valence-corrected chi connectivity index (χ1v) is 9.50. The number of carbonyl (C=O) groups excluding carboxylic acids is 2. The lowest BCUT2D eigenvalue weighted by atomic mass is 10.1. The van der Waals surface area contributed by atoms with E-state index in [0.29, 0.717) is 51.9 Å². The zero-order valence-corrected chi connectivity index (χ0v) is 15.8. The number of aryl methyl sites for hydroxylation is 2. The molecule has 2 fully saturated rings. The minimum Gasteiger partial charge on any atom is -0.378 e. The minimum absolute atomic E-state index is 0.00637. The van der Waals surface area contributed by atoms with Crippen LogP contribution in [0.1, 0.15) is 30.4 Å². The summed E-state index contributed by atoms with van der Waals surface area (Å²) in [5, 5.41) is 3.05. The Morgan fingerprint density at radius 3 is 2.46 bits per heavy atom. The van der Waals surface area contributed by atoms with Crippen molar-refractivity contribution >= 4 is 17.5 Å². The molecule has 1 heterocycles. The van der Waals surface area contributed by atoms with E-state index >= 15 is 0 Å². The van der Waals surface area contributed by atoms with Crippen LogP contribution in [0.5, 0.6) is 0 Å². The Morgan fingerprint density at radius 1 is 1.19 bits per heavy atom. The van der Waals surface area contributed by atoms with Crippen LogP contribution in [0.2, 0.25) is 0 Å². The monoisotopic (exact) mass is 359 g/mol. The van der Waals surface area contributed by atoms with Crippen molar-refractivity contribution in [3.63, 3.8) is 0 Å². The minimum atomic E-state index is -0.00637. The van der Waals surface area contributed by atoms with Gasteiger partial charge in [-0.05, 0) is 37.8 Å². The summed E-state index contributed by atoms with van der Waals surface area (Å²) in [6.07, 6.45) is 2.69. The lowest BCUT2D eigenvalue weighted by Crippen LogP contribution is -2.43. The van der Waals surface area contributed by atoms with E-state index < -0.39 is 0 Å². The molecular formula is C20H29N3O3. The van der Waals surface area contributed by atoms with Gasteiger partial charge in [-0.3, -0.25) is 14.5 Å². The number of anilines is 1. The highest BCUT2D eigenvalue weighted by molar-refractivity contribution is 5.93. The fourth-order valence-corrected chi connectivity index (χ4v) is 3.42. The normalized spacial score (nSPS) is 17.4. The summed E-state index contributed by atoms with van der Waals surface area (Å²) in [5.41, 5.74) is 3.04. The van der Waals surface area contributed by atoms with E-state index in [-0.39, 0.29) is 11.8 Å². The molecule has 2 aliphatic rings. The maximum atomic E-state index is 12.5. The summed E-state index contributed by atoms with van der Waals surface area (Å²) in [6.45, 7) is 7.58. The van der Waals surface area contributed by atoms with Gasteiger partial charge < -0.3 is 15.0 Å². The number of rotatable bonds is 7. The first-order chi connectivity index (χ1) is 12.5. The van der Waals surface area contributed by atoms with Crippen molar-refractivity contribution in [3.8, 4) is 0 Å². The van der Waals surface area contributed by atoms with E-state index in [2.05, 4.69) is 10.2 Å². The third kappa shape index (κ3) is 5.05. The second kappa shape index (κ2) is 8.64. The maximum Gasteiger partial charge on any atom is 0.238 e. The highest BCUT2D eigenvalue weighted by atomic mass is 16.5. The number of morpholine rings is 1. The highest BCUT2D eigenvalue weighted by Crippen LogP contribution is 2.27. The predicted octanol–water partition coefficient (Wildman–Crippen LogP) is 1.96. The van der Waals surface area contributed by atoms with E-state index in [0.717, 1.165) is 29.7 Å². The van der Waals surface area contributed by atoms with Gasteiger partial charge in [-0.2, -0.15) is 0 Å². The van der Waals surface area contributed by atoms with Gasteiger partial charge in [0, 0.05) is 37.8 Å². The third-order valence-electron chi connectivity index (χ3n) is 5.13. The van der Waals surface area contributed by atoms with Crippen LogP contribution in [-0.2, 0) is 14.3 Å². The van der Waals surface area contributed by atoms with Gasteiger partial charge in [0.2, 0.25) is 11.8 Å². The zero-order chi connectivity index (χ0) is 18.5. The molecule has 1 aromatic rings. The Bertz CT molecular complexity index is 631. The van der Waals surface area contributed by atoms with Crippen molar-refractivity contribution in [2.45, 2.75) is 39.2 Å². The van der Waals surface area contributed by atoms with Gasteiger partial charge in [0.15, 0.2) is 0 Å². The second-order valence-corrected chi connectivity index (χ2v) is 7.26. The van der Waals surface area contributed by atoms with Crippen LogP contribution in [0.15, 0.2) is 18.2 Å². The molecule has 0 spiro atoms. The van der Waals surface area contributed by atoms with Crippen LogP contribution in [0, 0.1) is 13.8 Å². The molecule has 26 heavy (non-hydrogen) atoms. The average Bonchev–Trinajstić information content (AvgIpc) is 3.47. The van der Waals surface area contributed by atoms with Crippen LogP contribution in [0.25, 0.3) is 0 Å². The molecule has 6 heteroatoms. The number of amides is 2. The number of hydrogen-bond donors (Lipinski definition) is 1. The zero-order valence-electron chi connectivity index (χ0n) is 15.8. The number of nitrogens with one attached hydrogen (secondary N) is 1. The molecule has 6 nitrogen and oxygen atoms in total. The summed E-state index contributed by atoms with van der Waals surface area (Å²) in [6, 6.07) is 6.44. The molecule has 3 rings (SSSR count). The van der Waals surface area contributed by atoms with Crippen molar-refractivity contribution in [1.29, 1.82) is 0 Å². The molecular weight excluding hydrogens is 330 g/mol. The Labute approximate surface area is 155 Å². The summed E-state index contributed by atoms with van der Waals surface area (Å²) in [7, 11) is 0. The van der Waals surface area contributed by atoms with Crippen LogP contribution in [-0.4, -0.2) is 67.0 Å². The molecule has 0 radical (unpaired) electrons. The molecule has 1 aromatic carbocycles. The molecule has 0 aromatic heterocycles. The summed E-state index contributed by atoms with van der Waals surface area (Å²) in [4.78, 5) is 28.9. The van der Waals surface area contributed by atoms with Gasteiger partial charge in [0.25, 0.3) is 0 Å². The van der Waals surface area contributed by atoms with Crippen LogP contribution < -0.4 is 5.32 Å². The molecule has 1 saturated heterocycles. The van der Waals surface area contributed by atoms with Crippen LogP contribution in [0.4, 0.5) is 5.69 Å². The largest absolute Gasteiger partial charge is 0.378 e. The second-order valence-electron chi connectivity index (χ2n) is 7.26. The number of ether oxygens (including phenoxy) is 1. The van der Waals surface area contributed by atoms with E-state index in [1.54, 1.807) is 0 Å². The number of benzene rings is 1. The summed E-state index contributed by atoms with van der Waals surface area (Å²) < 4.78 is 5.29. The van der Waals surface area contributed by atoms with E-state index in [4.69, 9.17) is 4.74 Å². The lowest BCUT2D eigenvalue weighted by Gasteiger charge is -2.28. The SMILES string of the molecule is Cc1cccc(C)c1NC(=O)CN(CCC(=O)N1CCOCC1)C1CC1. The molecule has 1 aliphatic heterocycles. The standard InChI is InChI=1S/C20H29N3O3/c1-15-4-3-5-16(2)20(15)21-18(24)14-23(17-6-7-17)9-8-19(25)22-10-12-26-13-11-22/h3-5,17H,6-14H2,1-2H3,(H,21,24). The summed E-state index contributed by atoms with van der Waals surface area (Å²) >= 11 is 0. The topological polar surface area (TPSA) is 61.9 Å². The van der Waals surface area contributed by atoms with Crippen molar-refractivity contribution < 1.29 is 14.3 Å². The molecule has 0 unspecified atom stereocenters. The van der Waals surface area contributed by atoms with Gasteiger partial charge in [-0.15, -0.1) is 0 Å². The molecule has 142 valence electrons. The molecule has 0 bridgehead atoms. The maximum absolute atomic E-state index is 12.5. The van der Waals surface area contributed by atoms with Crippen molar-refractivity contribution in [3.05, 3.63) is 29.3 Å². The smallest absolute Gasteiger partial charge is 0.238 e. The summed E-state index contributed by atoms with van der Waals surface area (Å²) in [5.74, 6) is 0.155. The van der Waals surface area contributed by atoms with Crippen molar-refractivity contribution in [2.75, 3.05) is 44.7 Å². The Morgan fingerprint density at radius 2 is 1.85 bits per heavy atom. The van der Waals surface area contributed by atoms with E-state index in [9.17, 15) is 9.59 Å². The molecule has 2 amide bonds. The number of hydrogen-bond acceptors (Lipinski definition) is 4. The van der Waals surface area contributed by atoms with Gasteiger partial charge in [-0.25, -0.2) is 0 Å². The van der Waals surface area contributed by atoms with Gasteiger partial charge in [0.1, 0.15) is 0 Å². The number of para-hydroxylation sites is 1. The third-order valence-corrected chi connectivity index (χ3v) is 5.13. The number of nitrogens with zero attached hydrogens (tertiary/aromatic N) is 2. The fraction of sp³-hybridized carbons (Fsp3) is 0.600. The van der Waals surface area contributed by atoms with Crippen molar-refractivity contribution in [2.24, 2.45) is 0 Å². The highest BCUT2D eigenvalue weighted by Gasteiger charge is 2.31. The van der Waals surface area contributed by atoms with Gasteiger partial charge in [-0.1, -0.05) is 18.2 Å². The number of carbonyl (C=O) groups is 2. The van der Waals surface area contributed by atoms with Gasteiger partial charge >= 0.3 is 0 Å². The van der Waals surface area contributed by atoms with Crippen LogP contribution >= 0.6 is 0 Å². The first kappa shape index (κ1) is 18.9. The first-order valence-electron chi connectivity index (χ1n) is 9.50. The molecule has 1 N–H and O–H groups in total. The van der Waals surface area contributed by atoms with Crippen LogP contribution in [0.3, 0.4) is 0 Å². The Hall–Kier alpha value is -1.92. The van der Waals surface area contributed by atoms with E-state index in [1.807, 2.05) is 36.9 Å². The molecule has 0 atom stereocenters. The van der Waals surface area contributed by atoms with E-state index in [1.165, 1.54) is 0 Å². The quantitative estimate of drug-likeness (QED) is 0.808. The predicted molar refractivity (Wildman–Crippen MR) is 101 cm³/mol.